The van der Waals surface area contributed by atoms with Crippen molar-refractivity contribution in [1.29, 1.82) is 0 Å². The Bertz CT molecular complexity index is 790. The molecule has 0 atom stereocenters. The quantitative estimate of drug-likeness (QED) is 0.385. The number of halogens is 2. The molecule has 0 aliphatic carbocycles. The van der Waals surface area contributed by atoms with Crippen LogP contribution in [0.5, 0.6) is 0 Å². The number of hydrogen-bond donors (Lipinski definition) is 1. The Hall–Kier alpha value is -1.74. The lowest BCUT2D eigenvalue weighted by Crippen LogP contribution is -2.52. The number of aliphatic imine (C=N–C) groups is 1. The summed E-state index contributed by atoms with van der Waals surface area (Å²) >= 11 is 6.34. The highest BCUT2D eigenvalue weighted by atomic mass is 127. The van der Waals surface area contributed by atoms with Gasteiger partial charge in [-0.1, -0.05) is 29.8 Å². The first kappa shape index (κ1) is 22.5. The number of rotatable bonds is 4. The molecule has 1 aromatic heterocycles. The van der Waals surface area contributed by atoms with Crippen LogP contribution in [0.3, 0.4) is 0 Å². The van der Waals surface area contributed by atoms with Crippen molar-refractivity contribution in [3.05, 3.63) is 53.2 Å². The predicted octanol–water partition coefficient (Wildman–Crippen LogP) is 3.32. The second-order valence-corrected chi connectivity index (χ2v) is 7.11. The summed E-state index contributed by atoms with van der Waals surface area (Å²) in [7, 11) is 5.85. The lowest BCUT2D eigenvalue weighted by Gasteiger charge is -2.38. The van der Waals surface area contributed by atoms with Crippen LogP contribution in [0.4, 0.5) is 11.5 Å². The van der Waals surface area contributed by atoms with Gasteiger partial charge in [0.15, 0.2) is 5.96 Å². The van der Waals surface area contributed by atoms with Crippen LogP contribution in [0.1, 0.15) is 5.56 Å². The van der Waals surface area contributed by atoms with Gasteiger partial charge in [0.1, 0.15) is 5.82 Å². The number of piperazine rings is 1. The molecule has 152 valence electrons. The lowest BCUT2D eigenvalue weighted by molar-refractivity contribution is 0.372. The maximum Gasteiger partial charge on any atom is 0.194 e. The van der Waals surface area contributed by atoms with E-state index in [1.54, 1.807) is 0 Å². The number of hydrogen-bond acceptors (Lipinski definition) is 4. The van der Waals surface area contributed by atoms with Crippen molar-refractivity contribution in [3.8, 4) is 0 Å². The van der Waals surface area contributed by atoms with Gasteiger partial charge in [-0.3, -0.25) is 4.99 Å². The molecule has 0 amide bonds. The van der Waals surface area contributed by atoms with Gasteiger partial charge in [-0.25, -0.2) is 4.98 Å². The molecule has 8 heteroatoms. The predicted molar refractivity (Wildman–Crippen MR) is 129 cm³/mol. The fourth-order valence-corrected chi connectivity index (χ4v) is 3.60. The summed E-state index contributed by atoms with van der Waals surface area (Å²) in [5, 5.41) is 4.29. The maximum atomic E-state index is 6.34. The second-order valence-electron chi connectivity index (χ2n) is 6.71. The Morgan fingerprint density at radius 3 is 2.50 bits per heavy atom. The third-order valence-corrected chi connectivity index (χ3v) is 5.03. The number of pyridine rings is 1. The van der Waals surface area contributed by atoms with Crippen LogP contribution in [0.15, 0.2) is 47.6 Å². The minimum Gasteiger partial charge on any atom is -0.367 e. The van der Waals surface area contributed by atoms with Crippen LogP contribution in [-0.2, 0) is 6.54 Å². The summed E-state index contributed by atoms with van der Waals surface area (Å²) in [5.74, 6) is 1.89. The zero-order valence-electron chi connectivity index (χ0n) is 16.6. The summed E-state index contributed by atoms with van der Waals surface area (Å²) in [6, 6.07) is 12.1. The zero-order chi connectivity index (χ0) is 19.2. The Morgan fingerprint density at radius 1 is 1.14 bits per heavy atom. The highest BCUT2D eigenvalue weighted by molar-refractivity contribution is 14.0. The van der Waals surface area contributed by atoms with Crippen molar-refractivity contribution < 1.29 is 0 Å². The van der Waals surface area contributed by atoms with Crippen LogP contribution in [0, 0.1) is 0 Å². The Kier molecular flexibility index (Phi) is 8.62. The van der Waals surface area contributed by atoms with E-state index in [9.17, 15) is 0 Å². The number of nitrogens with zero attached hydrogens (tertiary/aromatic N) is 5. The number of anilines is 2. The minimum atomic E-state index is 0. The summed E-state index contributed by atoms with van der Waals surface area (Å²) in [5.41, 5.74) is 2.26. The van der Waals surface area contributed by atoms with Crippen molar-refractivity contribution in [2.45, 2.75) is 6.54 Å². The number of aromatic nitrogens is 1. The molecule has 1 aromatic carbocycles. The van der Waals surface area contributed by atoms with Crippen molar-refractivity contribution in [2.75, 3.05) is 57.1 Å². The molecule has 1 aliphatic heterocycles. The van der Waals surface area contributed by atoms with Crippen molar-refractivity contribution in [3.63, 3.8) is 0 Å². The van der Waals surface area contributed by atoms with Crippen LogP contribution in [0.2, 0.25) is 5.02 Å². The molecule has 0 radical (unpaired) electrons. The van der Waals surface area contributed by atoms with Crippen LogP contribution in [0.25, 0.3) is 0 Å². The van der Waals surface area contributed by atoms with Gasteiger partial charge in [0.2, 0.25) is 0 Å². The van der Waals surface area contributed by atoms with Crippen molar-refractivity contribution >= 4 is 53.0 Å². The monoisotopic (exact) mass is 514 g/mol. The molecule has 3 rings (SSSR count). The van der Waals surface area contributed by atoms with Gasteiger partial charge in [0.05, 0.1) is 10.7 Å². The van der Waals surface area contributed by atoms with E-state index < -0.39 is 0 Å². The first-order valence-corrected chi connectivity index (χ1v) is 9.54. The summed E-state index contributed by atoms with van der Waals surface area (Å²) in [4.78, 5) is 15.6. The molecule has 1 N–H and O–H groups in total. The van der Waals surface area contributed by atoms with Gasteiger partial charge in [0, 0.05) is 65.6 Å². The largest absolute Gasteiger partial charge is 0.367 e. The average molecular weight is 515 g/mol. The third-order valence-electron chi connectivity index (χ3n) is 4.71. The zero-order valence-corrected chi connectivity index (χ0v) is 19.7. The molecular formula is C20H28ClIN6. The Morgan fingerprint density at radius 2 is 1.86 bits per heavy atom. The van der Waals surface area contributed by atoms with E-state index in [4.69, 9.17) is 11.6 Å². The number of nitrogens with one attached hydrogen (secondary N) is 1. The average Bonchev–Trinajstić information content (AvgIpc) is 2.69. The number of guanidine groups is 1. The molecule has 1 aliphatic rings. The summed E-state index contributed by atoms with van der Waals surface area (Å²) < 4.78 is 0. The van der Waals surface area contributed by atoms with E-state index in [0.717, 1.165) is 54.2 Å². The van der Waals surface area contributed by atoms with Crippen LogP contribution >= 0.6 is 35.6 Å². The van der Waals surface area contributed by atoms with Crippen molar-refractivity contribution in [2.24, 2.45) is 4.99 Å². The van der Waals surface area contributed by atoms with E-state index in [-0.39, 0.29) is 24.0 Å². The number of benzene rings is 1. The highest BCUT2D eigenvalue weighted by Gasteiger charge is 2.21. The molecule has 2 aromatic rings. The molecule has 6 nitrogen and oxygen atoms in total. The molecule has 0 unspecified atom stereocenters. The van der Waals surface area contributed by atoms with Crippen molar-refractivity contribution in [1.82, 2.24) is 15.2 Å². The normalized spacial score (nSPS) is 14.5. The standard InChI is InChI=1S/C20H27ClN6.HI/c1-22-20(24-15-16-7-6-10-23-19(16)25(2)3)27-13-11-26(12-14-27)18-9-5-4-8-17(18)21;/h4-10H,11-15H2,1-3H3,(H,22,24);1H. The molecular weight excluding hydrogens is 487 g/mol. The molecule has 0 spiro atoms. The minimum absolute atomic E-state index is 0. The van der Waals surface area contributed by atoms with E-state index >= 15 is 0 Å². The second kappa shape index (κ2) is 10.7. The lowest BCUT2D eigenvalue weighted by atomic mass is 10.2. The topological polar surface area (TPSA) is 47.0 Å². The smallest absolute Gasteiger partial charge is 0.194 e. The number of para-hydroxylation sites is 1. The summed E-state index contributed by atoms with van der Waals surface area (Å²) in [6.45, 7) is 4.33. The van der Waals surface area contributed by atoms with Crippen LogP contribution < -0.4 is 15.1 Å². The fraction of sp³-hybridized carbons (Fsp3) is 0.400. The highest BCUT2D eigenvalue weighted by Crippen LogP contribution is 2.26. The van der Waals surface area contributed by atoms with E-state index in [2.05, 4.69) is 37.2 Å². The molecule has 1 saturated heterocycles. The van der Waals surface area contributed by atoms with E-state index in [1.165, 1.54) is 0 Å². The van der Waals surface area contributed by atoms with Gasteiger partial charge in [-0.05, 0) is 18.2 Å². The molecule has 0 saturated carbocycles. The van der Waals surface area contributed by atoms with Gasteiger partial charge >= 0.3 is 0 Å². The molecule has 28 heavy (non-hydrogen) atoms. The van der Waals surface area contributed by atoms with Gasteiger partial charge in [0.25, 0.3) is 0 Å². The summed E-state index contributed by atoms with van der Waals surface area (Å²) in [6.07, 6.45) is 1.82. The van der Waals surface area contributed by atoms with Crippen LogP contribution in [-0.4, -0.2) is 63.2 Å². The first-order chi connectivity index (χ1) is 13.1. The van der Waals surface area contributed by atoms with E-state index in [1.807, 2.05) is 56.5 Å². The SMILES string of the molecule is CN=C(NCc1cccnc1N(C)C)N1CCN(c2ccccc2Cl)CC1.I. The molecule has 2 heterocycles. The van der Waals surface area contributed by atoms with Gasteiger partial charge < -0.3 is 20.0 Å². The van der Waals surface area contributed by atoms with Gasteiger partial charge in [-0.2, -0.15) is 0 Å². The Balaban J connectivity index is 0.00000280. The Labute approximate surface area is 189 Å². The molecule has 1 fully saturated rings. The third kappa shape index (κ3) is 5.41. The fourth-order valence-electron chi connectivity index (χ4n) is 3.34. The van der Waals surface area contributed by atoms with Gasteiger partial charge in [-0.15, -0.1) is 24.0 Å². The first-order valence-electron chi connectivity index (χ1n) is 9.16. The molecule has 0 bridgehead atoms. The van der Waals surface area contributed by atoms with E-state index in [0.29, 0.717) is 6.54 Å². The maximum absolute atomic E-state index is 6.34.